The van der Waals surface area contributed by atoms with Crippen molar-refractivity contribution in [3.05, 3.63) is 70.0 Å². The first-order valence-corrected chi connectivity index (χ1v) is 7.04. The highest BCUT2D eigenvalue weighted by atomic mass is 16.3. The molecule has 2 heterocycles. The van der Waals surface area contributed by atoms with Crippen molar-refractivity contribution >= 4 is 16.7 Å². The molecule has 2 N–H and O–H groups in total. The number of furan rings is 1. The second-order valence-electron chi connectivity index (χ2n) is 5.22. The topological polar surface area (TPSA) is 75.1 Å². The van der Waals surface area contributed by atoms with Gasteiger partial charge in [0.1, 0.15) is 11.5 Å². The molecule has 112 valence electrons. The van der Waals surface area contributed by atoms with Gasteiger partial charge in [-0.1, -0.05) is 18.2 Å². The van der Waals surface area contributed by atoms with E-state index in [1.807, 2.05) is 26.0 Å². The van der Waals surface area contributed by atoms with E-state index in [0.717, 1.165) is 5.76 Å². The highest BCUT2D eigenvalue weighted by Crippen LogP contribution is 2.18. The molecule has 2 aromatic heterocycles. The Labute approximate surface area is 127 Å². The van der Waals surface area contributed by atoms with Crippen LogP contribution in [0.1, 0.15) is 34.8 Å². The normalized spacial score (nSPS) is 12.3. The number of H-pyrrole nitrogens is 1. The summed E-state index contributed by atoms with van der Waals surface area (Å²) in [7, 11) is 0. The number of amides is 1. The molecule has 1 atom stereocenters. The average molecular weight is 296 g/mol. The summed E-state index contributed by atoms with van der Waals surface area (Å²) in [5.74, 6) is 1.24. The fraction of sp³-hybridized carbons (Fsp3) is 0.176. The van der Waals surface area contributed by atoms with Crippen molar-refractivity contribution in [2.45, 2.75) is 19.9 Å². The summed E-state index contributed by atoms with van der Waals surface area (Å²) in [5.41, 5.74) is 0.229. The van der Waals surface area contributed by atoms with Gasteiger partial charge in [-0.25, -0.2) is 0 Å². The summed E-state index contributed by atoms with van der Waals surface area (Å²) < 4.78 is 5.52. The molecule has 0 spiro atoms. The molecule has 0 saturated carbocycles. The number of aryl methyl sites for hydroxylation is 1. The largest absolute Gasteiger partial charge is 0.464 e. The van der Waals surface area contributed by atoms with Crippen molar-refractivity contribution in [1.82, 2.24) is 10.3 Å². The van der Waals surface area contributed by atoms with Gasteiger partial charge in [-0.2, -0.15) is 0 Å². The molecule has 3 aromatic rings. The Kier molecular flexibility index (Phi) is 3.55. The van der Waals surface area contributed by atoms with E-state index in [4.69, 9.17) is 4.42 Å². The minimum atomic E-state index is -0.258. The molecule has 0 saturated heterocycles. The van der Waals surface area contributed by atoms with Crippen LogP contribution in [0.25, 0.3) is 10.8 Å². The number of aromatic amines is 1. The van der Waals surface area contributed by atoms with E-state index in [-0.39, 0.29) is 17.5 Å². The lowest BCUT2D eigenvalue weighted by atomic mass is 10.1. The van der Waals surface area contributed by atoms with E-state index in [0.29, 0.717) is 22.1 Å². The third kappa shape index (κ3) is 2.53. The van der Waals surface area contributed by atoms with Crippen LogP contribution < -0.4 is 10.9 Å². The van der Waals surface area contributed by atoms with Crippen molar-refractivity contribution in [1.29, 1.82) is 0 Å². The van der Waals surface area contributed by atoms with Crippen molar-refractivity contribution in [3.8, 4) is 0 Å². The molecular weight excluding hydrogens is 280 g/mol. The maximum Gasteiger partial charge on any atom is 0.255 e. The van der Waals surface area contributed by atoms with Crippen LogP contribution in [0.2, 0.25) is 0 Å². The first-order chi connectivity index (χ1) is 10.6. The lowest BCUT2D eigenvalue weighted by Crippen LogP contribution is -2.27. The highest BCUT2D eigenvalue weighted by Gasteiger charge is 2.16. The van der Waals surface area contributed by atoms with Crippen molar-refractivity contribution in [3.63, 3.8) is 0 Å². The fourth-order valence-corrected chi connectivity index (χ4v) is 2.43. The molecule has 0 fully saturated rings. The van der Waals surface area contributed by atoms with Crippen LogP contribution in [0.15, 0.2) is 51.8 Å². The molecule has 0 aliphatic carbocycles. The Morgan fingerprint density at radius 1 is 1.18 bits per heavy atom. The lowest BCUT2D eigenvalue weighted by Gasteiger charge is -2.12. The summed E-state index contributed by atoms with van der Waals surface area (Å²) in [4.78, 5) is 26.9. The zero-order chi connectivity index (χ0) is 15.7. The SMILES string of the molecule is Cc1ccc(C(C)NC(=O)c2c[nH]c(=O)c3ccccc23)o1. The number of benzene rings is 1. The van der Waals surface area contributed by atoms with Gasteiger partial charge in [-0.05, 0) is 32.0 Å². The number of carbonyl (C=O) groups excluding carboxylic acids is 1. The Hall–Kier alpha value is -2.82. The van der Waals surface area contributed by atoms with Gasteiger partial charge in [0, 0.05) is 17.0 Å². The van der Waals surface area contributed by atoms with Gasteiger partial charge in [-0.3, -0.25) is 9.59 Å². The molecule has 5 heteroatoms. The molecule has 1 aromatic carbocycles. The van der Waals surface area contributed by atoms with Gasteiger partial charge in [0.2, 0.25) is 0 Å². The van der Waals surface area contributed by atoms with Crippen LogP contribution >= 0.6 is 0 Å². The Bertz CT molecular complexity index is 892. The van der Waals surface area contributed by atoms with E-state index in [1.54, 1.807) is 24.3 Å². The zero-order valence-electron chi connectivity index (χ0n) is 12.3. The van der Waals surface area contributed by atoms with Crippen LogP contribution in [0.3, 0.4) is 0 Å². The smallest absolute Gasteiger partial charge is 0.255 e. The monoisotopic (exact) mass is 296 g/mol. The minimum absolute atomic E-state index is 0.207. The Morgan fingerprint density at radius 2 is 1.91 bits per heavy atom. The first kappa shape index (κ1) is 14.1. The maximum absolute atomic E-state index is 12.5. The molecule has 1 unspecified atom stereocenters. The maximum atomic E-state index is 12.5. The minimum Gasteiger partial charge on any atom is -0.464 e. The second kappa shape index (κ2) is 5.52. The molecule has 0 aliphatic heterocycles. The van der Waals surface area contributed by atoms with Crippen LogP contribution in [-0.2, 0) is 0 Å². The number of hydrogen-bond acceptors (Lipinski definition) is 3. The van der Waals surface area contributed by atoms with Crippen molar-refractivity contribution in [2.75, 3.05) is 0 Å². The predicted molar refractivity (Wildman–Crippen MR) is 83.9 cm³/mol. The fourth-order valence-electron chi connectivity index (χ4n) is 2.43. The molecule has 1 amide bonds. The number of hydrogen-bond donors (Lipinski definition) is 2. The van der Waals surface area contributed by atoms with Gasteiger partial charge in [0.15, 0.2) is 0 Å². The van der Waals surface area contributed by atoms with Crippen LogP contribution in [0.4, 0.5) is 0 Å². The van der Waals surface area contributed by atoms with Crippen LogP contribution in [-0.4, -0.2) is 10.9 Å². The summed E-state index contributed by atoms with van der Waals surface area (Å²) in [6.45, 7) is 3.71. The molecule has 3 rings (SSSR count). The van der Waals surface area contributed by atoms with E-state index in [1.165, 1.54) is 6.20 Å². The molecule has 0 radical (unpaired) electrons. The summed E-state index contributed by atoms with van der Waals surface area (Å²) in [6.07, 6.45) is 1.44. The van der Waals surface area contributed by atoms with E-state index in [2.05, 4.69) is 10.3 Å². The quantitative estimate of drug-likeness (QED) is 0.780. The summed E-state index contributed by atoms with van der Waals surface area (Å²) in [5, 5.41) is 4.01. The summed E-state index contributed by atoms with van der Waals surface area (Å²) >= 11 is 0. The van der Waals surface area contributed by atoms with Gasteiger partial charge >= 0.3 is 0 Å². The van der Waals surface area contributed by atoms with Crippen LogP contribution in [0.5, 0.6) is 0 Å². The molecular formula is C17H16N2O3. The standard InChI is InChI=1S/C17H16N2O3/c1-10-7-8-15(22-10)11(2)19-17(21)14-9-18-16(20)13-6-4-3-5-12(13)14/h3-9,11H,1-2H3,(H,18,20)(H,19,21). The predicted octanol–water partition coefficient (Wildman–Crippen LogP) is 2.92. The first-order valence-electron chi connectivity index (χ1n) is 7.04. The highest BCUT2D eigenvalue weighted by molar-refractivity contribution is 6.06. The van der Waals surface area contributed by atoms with Crippen molar-refractivity contribution < 1.29 is 9.21 Å². The van der Waals surface area contributed by atoms with Gasteiger partial charge in [-0.15, -0.1) is 0 Å². The number of nitrogens with one attached hydrogen (secondary N) is 2. The van der Waals surface area contributed by atoms with Crippen molar-refractivity contribution in [2.24, 2.45) is 0 Å². The van der Waals surface area contributed by atoms with Gasteiger partial charge < -0.3 is 14.7 Å². The number of rotatable bonds is 3. The summed E-state index contributed by atoms with van der Waals surface area (Å²) in [6, 6.07) is 10.5. The Morgan fingerprint density at radius 3 is 2.59 bits per heavy atom. The number of aromatic nitrogens is 1. The van der Waals surface area contributed by atoms with E-state index < -0.39 is 0 Å². The Balaban J connectivity index is 1.93. The molecule has 5 nitrogen and oxygen atoms in total. The lowest BCUT2D eigenvalue weighted by molar-refractivity contribution is 0.0936. The number of pyridine rings is 1. The molecule has 22 heavy (non-hydrogen) atoms. The third-order valence-corrected chi connectivity index (χ3v) is 3.59. The average Bonchev–Trinajstić information content (AvgIpc) is 2.94. The molecule has 0 bridgehead atoms. The zero-order valence-corrected chi connectivity index (χ0v) is 12.3. The third-order valence-electron chi connectivity index (χ3n) is 3.59. The van der Waals surface area contributed by atoms with Gasteiger partial charge in [0.25, 0.3) is 11.5 Å². The number of carbonyl (C=O) groups is 1. The van der Waals surface area contributed by atoms with E-state index >= 15 is 0 Å². The molecule has 0 aliphatic rings. The van der Waals surface area contributed by atoms with Gasteiger partial charge in [0.05, 0.1) is 11.6 Å². The van der Waals surface area contributed by atoms with Crippen LogP contribution in [0, 0.1) is 6.92 Å². The van der Waals surface area contributed by atoms with E-state index in [9.17, 15) is 9.59 Å². The number of fused-ring (bicyclic) bond motifs is 1. The second-order valence-corrected chi connectivity index (χ2v) is 5.22.